The lowest BCUT2D eigenvalue weighted by Gasteiger charge is -2.14. The summed E-state index contributed by atoms with van der Waals surface area (Å²) in [6.07, 6.45) is 0. The molecule has 0 saturated heterocycles. The highest BCUT2D eigenvalue weighted by atomic mass is 32.2. The molecule has 1 aromatic heterocycles. The van der Waals surface area contributed by atoms with Crippen molar-refractivity contribution in [1.82, 2.24) is 14.7 Å². The Morgan fingerprint density at radius 1 is 0.791 bits per heavy atom. The van der Waals surface area contributed by atoms with Crippen LogP contribution in [0.1, 0.15) is 26.3 Å². The van der Waals surface area contributed by atoms with E-state index in [9.17, 15) is 26.4 Å². The van der Waals surface area contributed by atoms with E-state index < -0.39 is 48.6 Å². The number of hydrogen-bond donors (Lipinski definition) is 2. The number of esters is 2. The van der Waals surface area contributed by atoms with Gasteiger partial charge in [-0.3, -0.25) is 0 Å². The van der Waals surface area contributed by atoms with Crippen LogP contribution < -0.4 is 19.5 Å². The molecule has 0 spiro atoms. The molecule has 3 aromatic rings. The van der Waals surface area contributed by atoms with Gasteiger partial charge in [0.1, 0.15) is 17.8 Å². The predicted octanol–water partition coefficient (Wildman–Crippen LogP) is 0.917. The fraction of sp³-hybridized carbons (Fsp3) is 0.240. The maximum Gasteiger partial charge on any atom is 0.421 e. The summed E-state index contributed by atoms with van der Waals surface area (Å²) in [6.45, 7) is 0. The highest BCUT2D eigenvalue weighted by molar-refractivity contribution is 7.89. The van der Waals surface area contributed by atoms with Crippen LogP contribution in [0.4, 0.5) is 5.95 Å². The average molecular weight is 639 g/mol. The van der Waals surface area contributed by atoms with Gasteiger partial charge >= 0.3 is 27.9 Å². The molecule has 0 amide bonds. The molecule has 18 heteroatoms. The lowest BCUT2D eigenvalue weighted by molar-refractivity contribution is -0.667. The Labute approximate surface area is 247 Å². The Hall–Kier alpha value is -4.97. The van der Waals surface area contributed by atoms with Gasteiger partial charge in [0.2, 0.25) is 11.8 Å². The Kier molecular flexibility index (Phi) is 10.4. The highest BCUT2D eigenvalue weighted by Gasteiger charge is 2.36. The molecule has 0 radical (unpaired) electrons. The van der Waals surface area contributed by atoms with Crippen molar-refractivity contribution >= 4 is 43.9 Å². The van der Waals surface area contributed by atoms with E-state index in [2.05, 4.69) is 20.0 Å². The molecule has 0 aliphatic heterocycles. The van der Waals surface area contributed by atoms with E-state index in [1.165, 1.54) is 62.8 Å². The second-order valence-corrected chi connectivity index (χ2v) is 11.6. The minimum absolute atomic E-state index is 0.0218. The van der Waals surface area contributed by atoms with E-state index >= 15 is 0 Å². The smallest absolute Gasteiger partial charge is 0.421 e. The third kappa shape index (κ3) is 7.66. The van der Waals surface area contributed by atoms with Gasteiger partial charge in [0.25, 0.3) is 16.0 Å². The number of carbonyl (C=O) groups excluding carboxylic acids is 2. The first-order chi connectivity index (χ1) is 20.4. The summed E-state index contributed by atoms with van der Waals surface area (Å²) in [5.41, 5.74) is -0.349. The van der Waals surface area contributed by atoms with Crippen molar-refractivity contribution in [1.29, 1.82) is 0 Å². The maximum absolute atomic E-state index is 13.9. The van der Waals surface area contributed by atoms with Gasteiger partial charge in [0, 0.05) is 4.14 Å². The summed E-state index contributed by atoms with van der Waals surface area (Å²) >= 11 is 0. The quantitative estimate of drug-likeness (QED) is 0.0987. The van der Waals surface area contributed by atoms with Crippen molar-refractivity contribution in [2.75, 3.05) is 40.9 Å². The topological polar surface area (TPSA) is 201 Å². The van der Waals surface area contributed by atoms with Gasteiger partial charge in [-0.1, -0.05) is 30.3 Å². The van der Waals surface area contributed by atoms with Gasteiger partial charge in [-0.15, -0.1) is 0 Å². The molecule has 2 N–H and O–H groups in total. The van der Waals surface area contributed by atoms with Crippen LogP contribution in [0.15, 0.2) is 59.5 Å². The van der Waals surface area contributed by atoms with Crippen molar-refractivity contribution in [2.45, 2.75) is 10.6 Å². The van der Waals surface area contributed by atoms with Crippen LogP contribution in [-0.4, -0.2) is 84.4 Å². The number of methoxy groups -OCH3 is 4. The fourth-order valence-electron chi connectivity index (χ4n) is 3.60. The number of carbonyl (C=O) groups is 2. The van der Waals surface area contributed by atoms with Gasteiger partial charge in [0.05, 0.1) is 45.6 Å². The minimum Gasteiger partial charge on any atom is -0.481 e. The highest BCUT2D eigenvalue weighted by Crippen LogP contribution is 2.21. The van der Waals surface area contributed by atoms with Gasteiger partial charge in [-0.05, 0) is 23.8 Å². The zero-order valence-corrected chi connectivity index (χ0v) is 25.2. The molecule has 1 heterocycles. The molecule has 230 valence electrons. The van der Waals surface area contributed by atoms with Gasteiger partial charge in [-0.2, -0.15) is 31.5 Å². The van der Waals surface area contributed by atoms with E-state index in [-0.39, 0.29) is 38.5 Å². The number of aromatic nitrogens is 2. The molecule has 0 saturated carbocycles. The number of guanidine groups is 1. The molecule has 0 atom stereocenters. The molecule has 0 fully saturated rings. The SMILES string of the molecule is COC(=O)c1ccccc1CS(=O)(=O)NC(Nc1nc(OC)cc(OC)n1)=[N+](OC)S(=O)(=O)c1ccccc1C(=O)OC. The van der Waals surface area contributed by atoms with Gasteiger partial charge < -0.3 is 23.8 Å². The molecular formula is C25H28N5O11S2+. The first-order valence-electron chi connectivity index (χ1n) is 11.9. The number of ether oxygens (including phenoxy) is 4. The van der Waals surface area contributed by atoms with Crippen molar-refractivity contribution < 1.29 is 54.4 Å². The summed E-state index contributed by atoms with van der Waals surface area (Å²) in [5, 5.41) is 2.47. The molecule has 3 rings (SSSR count). The number of sulfonamides is 2. The lowest BCUT2D eigenvalue weighted by Crippen LogP contribution is -2.45. The van der Waals surface area contributed by atoms with Crippen molar-refractivity contribution in [3.8, 4) is 11.8 Å². The van der Waals surface area contributed by atoms with Crippen LogP contribution in [-0.2, 0) is 40.1 Å². The largest absolute Gasteiger partial charge is 0.481 e. The molecule has 2 aromatic carbocycles. The van der Waals surface area contributed by atoms with Crippen molar-refractivity contribution in [3.63, 3.8) is 0 Å². The van der Waals surface area contributed by atoms with E-state index in [0.29, 0.717) is 0 Å². The summed E-state index contributed by atoms with van der Waals surface area (Å²) in [7, 11) is -3.66. The van der Waals surface area contributed by atoms with E-state index in [4.69, 9.17) is 23.8 Å². The van der Waals surface area contributed by atoms with E-state index in [0.717, 1.165) is 27.4 Å². The lowest BCUT2D eigenvalue weighted by atomic mass is 10.1. The second-order valence-electron chi connectivity index (χ2n) is 8.16. The van der Waals surface area contributed by atoms with Crippen molar-refractivity contribution in [2.24, 2.45) is 0 Å². The zero-order valence-electron chi connectivity index (χ0n) is 23.6. The summed E-state index contributed by atoms with van der Waals surface area (Å²) in [6, 6.07) is 12.1. The minimum atomic E-state index is -4.87. The molecule has 0 aliphatic rings. The Bertz CT molecular complexity index is 1740. The molecule has 43 heavy (non-hydrogen) atoms. The van der Waals surface area contributed by atoms with Crippen LogP contribution >= 0.6 is 0 Å². The number of rotatable bonds is 11. The Morgan fingerprint density at radius 3 is 1.88 bits per heavy atom. The number of hydrogen-bond acceptors (Lipinski definition) is 13. The van der Waals surface area contributed by atoms with Crippen molar-refractivity contribution in [3.05, 3.63) is 71.3 Å². The molecule has 16 nitrogen and oxygen atoms in total. The van der Waals surface area contributed by atoms with Crippen LogP contribution in [0.2, 0.25) is 0 Å². The number of anilines is 1. The second kappa shape index (κ2) is 13.8. The molecular weight excluding hydrogens is 610 g/mol. The first-order valence-corrected chi connectivity index (χ1v) is 15.0. The standard InChI is InChI=1S/C25H27N5O11S2/c1-37-20-14-21(38-2)27-24(26-20)28-25(29-42(33,34)15-16-10-6-7-11-17(16)22(31)39-3)30(41-5)43(35,36)19-13-9-8-12-18(19)23(32)40-4/h6-14H,15H2,1-5H3,(H,26,27,28,29)/p+1. The van der Waals surface area contributed by atoms with Gasteiger partial charge in [0.15, 0.2) is 0 Å². The fourth-order valence-corrected chi connectivity index (χ4v) is 6.20. The summed E-state index contributed by atoms with van der Waals surface area (Å²) < 4.78 is 76.5. The zero-order chi connectivity index (χ0) is 31.8. The molecule has 0 aliphatic carbocycles. The van der Waals surface area contributed by atoms with Crippen LogP contribution in [0.5, 0.6) is 11.8 Å². The third-order valence-electron chi connectivity index (χ3n) is 5.48. The van der Waals surface area contributed by atoms with E-state index in [1.807, 2.05) is 0 Å². The maximum atomic E-state index is 13.9. The molecule has 0 bridgehead atoms. The predicted molar refractivity (Wildman–Crippen MR) is 150 cm³/mol. The number of nitrogens with one attached hydrogen (secondary N) is 2. The Morgan fingerprint density at radius 2 is 1.33 bits per heavy atom. The first kappa shape index (κ1) is 32.5. The normalized spacial score (nSPS) is 11.9. The monoisotopic (exact) mass is 638 g/mol. The summed E-state index contributed by atoms with van der Waals surface area (Å²) in [4.78, 5) is 37.2. The van der Waals surface area contributed by atoms with Crippen LogP contribution in [0, 0.1) is 0 Å². The third-order valence-corrected chi connectivity index (χ3v) is 8.36. The number of benzene rings is 2. The van der Waals surface area contributed by atoms with E-state index in [1.54, 1.807) is 0 Å². The Balaban J connectivity index is 2.23. The molecule has 0 unspecified atom stereocenters. The average Bonchev–Trinajstić information content (AvgIpc) is 2.99. The number of nitrogens with zero attached hydrogens (tertiary/aromatic N) is 3. The summed E-state index contributed by atoms with van der Waals surface area (Å²) in [5.74, 6) is -3.83. The van der Waals surface area contributed by atoms with Crippen LogP contribution in [0.25, 0.3) is 0 Å². The van der Waals surface area contributed by atoms with Crippen LogP contribution in [0.3, 0.4) is 0 Å². The van der Waals surface area contributed by atoms with Gasteiger partial charge in [-0.25, -0.2) is 14.9 Å².